The third kappa shape index (κ3) is 16.2. The van der Waals surface area contributed by atoms with E-state index in [2.05, 4.69) is 17.4 Å². The van der Waals surface area contributed by atoms with Crippen molar-refractivity contribution in [3.8, 4) is 11.5 Å². The van der Waals surface area contributed by atoms with Gasteiger partial charge in [-0.3, -0.25) is 4.79 Å². The van der Waals surface area contributed by atoms with Crippen LogP contribution in [0.1, 0.15) is 31.2 Å². The summed E-state index contributed by atoms with van der Waals surface area (Å²) >= 11 is 3.43. The van der Waals surface area contributed by atoms with Crippen molar-refractivity contribution in [3.63, 3.8) is 0 Å². The van der Waals surface area contributed by atoms with Gasteiger partial charge in [-0.25, -0.2) is 0 Å². The van der Waals surface area contributed by atoms with Crippen molar-refractivity contribution in [1.82, 2.24) is 0 Å². The second-order valence-electron chi connectivity index (χ2n) is 5.81. The number of unbranched alkanes of at least 4 members (excludes halogenated alkanes) is 1. The Morgan fingerprint density at radius 1 is 1.16 bits per heavy atom. The zero-order valence-electron chi connectivity index (χ0n) is 18.7. The monoisotopic (exact) mass is 594 g/mol. The molecular weight excluding hydrogens is 565 g/mol. The van der Waals surface area contributed by atoms with Crippen LogP contribution in [0, 0.1) is 0 Å². The summed E-state index contributed by atoms with van der Waals surface area (Å²) in [6, 6.07) is 5.26. The molecule has 1 aromatic carbocycles. The molecule has 0 bridgehead atoms. The third-order valence-electron chi connectivity index (χ3n) is 3.65. The van der Waals surface area contributed by atoms with Gasteiger partial charge in [0.15, 0.2) is 22.9 Å². The van der Waals surface area contributed by atoms with Crippen molar-refractivity contribution in [1.29, 1.82) is 0 Å². The van der Waals surface area contributed by atoms with Crippen molar-refractivity contribution in [3.05, 3.63) is 23.8 Å². The van der Waals surface area contributed by atoms with E-state index in [0.717, 1.165) is 26.1 Å². The van der Waals surface area contributed by atoms with Crippen LogP contribution >= 0.6 is 12.6 Å². The summed E-state index contributed by atoms with van der Waals surface area (Å²) in [5.74, 6) is -0.230. The largest absolute Gasteiger partial charge is 1.00 e. The summed E-state index contributed by atoms with van der Waals surface area (Å²) in [5, 5.41) is 25.6. The molecule has 0 saturated heterocycles. The number of rotatable bonds is 13. The number of carbonyl (C=O) groups is 4. The Labute approximate surface area is 251 Å². The molecule has 0 aliphatic rings. The Kier molecular flexibility index (Phi) is 25.3. The van der Waals surface area contributed by atoms with E-state index < -0.39 is 23.1 Å². The minimum atomic E-state index is -1.64. The smallest absolute Gasteiger partial charge is 0.550 e. The average Bonchev–Trinajstić information content (AvgIpc) is 2.77. The second kappa shape index (κ2) is 22.4. The molecule has 1 rings (SSSR count). The molecule has 0 aliphatic carbocycles. The quantitative estimate of drug-likeness (QED) is 0.120. The van der Waals surface area contributed by atoms with Crippen LogP contribution in [-0.2, 0) is 30.5 Å². The van der Waals surface area contributed by atoms with E-state index >= 15 is 0 Å². The first-order valence-electron chi connectivity index (χ1n) is 8.99. The summed E-state index contributed by atoms with van der Waals surface area (Å²) in [6.45, 7) is 0.454. The second-order valence-corrected chi connectivity index (χ2v) is 6.31. The van der Waals surface area contributed by atoms with E-state index in [9.17, 15) is 24.3 Å². The zero-order valence-corrected chi connectivity index (χ0v) is 25.9. The fourth-order valence-electron chi connectivity index (χ4n) is 2.12. The summed E-state index contributed by atoms with van der Waals surface area (Å²) < 4.78 is 15.3. The Balaban J connectivity index is -0.000000483. The molecule has 1 atom stereocenters. The van der Waals surface area contributed by atoms with Crippen molar-refractivity contribution in [2.45, 2.75) is 37.9 Å². The molecule has 176 valence electrons. The summed E-state index contributed by atoms with van der Waals surface area (Å²) in [6.07, 6.45) is 1.29. The molecule has 0 aliphatic heterocycles. The molecule has 10 nitrogen and oxygen atoms in total. The van der Waals surface area contributed by atoms with Gasteiger partial charge in [0.1, 0.15) is 11.9 Å². The molecule has 0 fully saturated rings. The van der Waals surface area contributed by atoms with Crippen molar-refractivity contribution in [2.75, 3.05) is 27.9 Å². The van der Waals surface area contributed by atoms with Crippen LogP contribution in [0.25, 0.3) is 0 Å². The molecule has 0 heterocycles. The van der Waals surface area contributed by atoms with E-state index in [-0.39, 0.29) is 88.2 Å². The molecule has 0 saturated carbocycles. The molecule has 12 heteroatoms. The van der Waals surface area contributed by atoms with Gasteiger partial charge in [0, 0.05) is 33.0 Å². The van der Waals surface area contributed by atoms with Crippen LogP contribution in [0.5, 0.6) is 11.5 Å². The van der Waals surface area contributed by atoms with Crippen molar-refractivity contribution >= 4 is 36.3 Å². The maximum atomic E-state index is 10.6. The number of aliphatic hydroxyl groups is 2. The molecular formula is C20H29CsO10S. The van der Waals surface area contributed by atoms with Crippen LogP contribution in [0.3, 0.4) is 0 Å². The number of aliphatic carboxylic acids is 1. The fourth-order valence-corrected chi connectivity index (χ4v) is 2.38. The van der Waals surface area contributed by atoms with Gasteiger partial charge in [-0.2, -0.15) is 0 Å². The van der Waals surface area contributed by atoms with Crippen molar-refractivity contribution in [2.24, 2.45) is 0 Å². The maximum absolute atomic E-state index is 10.6. The standard InChI is InChI=1S/C12H16O4.C7H10O5S.CH4O.Cs/c1-15-12-8-10(9-14)4-5-11(12)16-7-3-2-6-13;1-12-7(4-8,2-5(9)10)3-6(11)13;1-2;/h4-6,8,14H,2-3,7,9H2,1H3;4H,2-3H2,1H3,(H,9,10)(H,11,13);2H,1H3;/q;;;+1/p-1. The third-order valence-corrected chi connectivity index (χ3v) is 3.81. The zero-order chi connectivity index (χ0) is 24.3. The number of hydrogen-bond acceptors (Lipinski definition) is 10. The van der Waals surface area contributed by atoms with Gasteiger partial charge in [-0.05, 0) is 24.1 Å². The van der Waals surface area contributed by atoms with Gasteiger partial charge in [0.05, 0.1) is 26.7 Å². The number of hydrogen-bond donors (Lipinski definition) is 3. The molecule has 0 amide bonds. The van der Waals surface area contributed by atoms with Crippen LogP contribution in [0.2, 0.25) is 0 Å². The van der Waals surface area contributed by atoms with Crippen LogP contribution in [0.4, 0.5) is 0 Å². The topological polar surface area (TPSA) is 159 Å². The van der Waals surface area contributed by atoms with Gasteiger partial charge >= 0.3 is 68.9 Å². The molecule has 1 unspecified atom stereocenters. The molecule has 1 aromatic rings. The van der Waals surface area contributed by atoms with Crippen molar-refractivity contribution < 1.29 is 118 Å². The van der Waals surface area contributed by atoms with Crippen LogP contribution in [0.15, 0.2) is 18.2 Å². The predicted octanol–water partition coefficient (Wildman–Crippen LogP) is -3.29. The number of carboxylic acids is 1. The Morgan fingerprint density at radius 3 is 2.19 bits per heavy atom. The first-order valence-corrected chi connectivity index (χ1v) is 9.44. The molecule has 32 heavy (non-hydrogen) atoms. The minimum absolute atomic E-state index is 0. The summed E-state index contributed by atoms with van der Waals surface area (Å²) in [5.41, 5.74) is -0.866. The Morgan fingerprint density at radius 2 is 1.78 bits per heavy atom. The number of ether oxygens (including phenoxy) is 3. The number of aldehydes is 2. The number of carbonyl (C=O) groups excluding carboxylic acids is 4. The first kappa shape index (κ1) is 36.2. The summed E-state index contributed by atoms with van der Waals surface area (Å²) in [7, 11) is 3.70. The molecule has 0 aromatic heterocycles. The van der Waals surface area contributed by atoms with Gasteiger partial charge in [0.25, 0.3) is 0 Å². The Bertz CT molecular complexity index is 668. The molecule has 0 radical (unpaired) electrons. The van der Waals surface area contributed by atoms with E-state index in [1.165, 1.54) is 0 Å². The molecule has 2 N–H and O–H groups in total. The number of benzene rings is 1. The Hall–Kier alpha value is -0.418. The number of methoxy groups -OCH3 is 2. The maximum Gasteiger partial charge on any atom is 1.00 e. The average molecular weight is 594 g/mol. The van der Waals surface area contributed by atoms with E-state index in [1.54, 1.807) is 25.3 Å². The van der Waals surface area contributed by atoms with Gasteiger partial charge in [-0.1, -0.05) is 6.07 Å². The van der Waals surface area contributed by atoms with E-state index in [0.29, 0.717) is 30.9 Å². The van der Waals surface area contributed by atoms with Gasteiger partial charge in [0.2, 0.25) is 0 Å². The first-order chi connectivity index (χ1) is 14.8. The molecule has 0 spiro atoms. The van der Waals surface area contributed by atoms with Gasteiger partial charge in [-0.15, -0.1) is 12.6 Å². The van der Waals surface area contributed by atoms with Crippen LogP contribution in [-0.4, -0.2) is 67.4 Å². The van der Waals surface area contributed by atoms with Crippen LogP contribution < -0.4 is 83.5 Å². The predicted molar refractivity (Wildman–Crippen MR) is 112 cm³/mol. The SMILES string of the molecule is CO.COC(C=O)(CC(=O)[O-])CC(=O)S.COc1cc(CO)ccc1OCCCC=O.[Cs+]. The van der Waals surface area contributed by atoms with E-state index in [4.69, 9.17) is 19.7 Å². The van der Waals surface area contributed by atoms with Gasteiger partial charge < -0.3 is 43.9 Å². The normalized spacial score (nSPS) is 11.1. The minimum Gasteiger partial charge on any atom is -0.550 e. The van der Waals surface area contributed by atoms with E-state index in [1.807, 2.05) is 0 Å². The number of aliphatic hydroxyl groups excluding tert-OH is 2. The number of carboxylic acid groups (broad SMARTS) is 1. The number of thiol groups is 1. The summed E-state index contributed by atoms with van der Waals surface area (Å²) in [4.78, 5) is 41.4. The fraction of sp³-hybridized carbons (Fsp3) is 0.500.